The van der Waals surface area contributed by atoms with Crippen molar-refractivity contribution in [2.75, 3.05) is 6.54 Å². The molecule has 0 aliphatic rings. The molecule has 0 amide bonds. The molecule has 1 heterocycles. The van der Waals surface area contributed by atoms with Gasteiger partial charge in [-0.3, -0.25) is 4.68 Å². The maximum atomic E-state index is 12.0. The minimum Gasteiger partial charge on any atom is -0.313 e. The maximum Gasteiger partial charge on any atom is 0.257 e. The van der Waals surface area contributed by atoms with Gasteiger partial charge in [0.1, 0.15) is 6.54 Å². The number of unbranched alkanes of at least 4 members (excludes halogenated alkanes) is 1. The SMILES string of the molecule is CCCCNCc1cnn(CC(F)F)c1. The second-order valence-electron chi connectivity index (χ2n) is 3.49. The molecule has 0 saturated heterocycles. The molecular formula is C10H17F2N3. The van der Waals surface area contributed by atoms with E-state index >= 15 is 0 Å². The van der Waals surface area contributed by atoms with Gasteiger partial charge in [0, 0.05) is 18.3 Å². The first-order valence-electron chi connectivity index (χ1n) is 5.22. The first-order valence-corrected chi connectivity index (χ1v) is 5.22. The fourth-order valence-corrected chi connectivity index (χ4v) is 1.27. The summed E-state index contributed by atoms with van der Waals surface area (Å²) in [5.41, 5.74) is 0.951. The molecule has 0 radical (unpaired) electrons. The topological polar surface area (TPSA) is 29.9 Å². The van der Waals surface area contributed by atoms with E-state index in [4.69, 9.17) is 0 Å². The third kappa shape index (κ3) is 4.88. The van der Waals surface area contributed by atoms with E-state index in [0.717, 1.165) is 24.9 Å². The average Bonchev–Trinajstić information content (AvgIpc) is 2.59. The van der Waals surface area contributed by atoms with Gasteiger partial charge in [0.15, 0.2) is 0 Å². The van der Waals surface area contributed by atoms with Crippen molar-refractivity contribution in [1.29, 1.82) is 0 Å². The molecule has 0 bridgehead atoms. The third-order valence-corrected chi connectivity index (χ3v) is 2.05. The average molecular weight is 217 g/mol. The fraction of sp³-hybridized carbons (Fsp3) is 0.700. The predicted molar refractivity (Wildman–Crippen MR) is 54.8 cm³/mol. The standard InChI is InChI=1S/C10H17F2N3/c1-2-3-4-13-5-9-6-14-15(7-9)8-10(11)12/h6-7,10,13H,2-5,8H2,1H3. The molecule has 0 aromatic carbocycles. The highest BCUT2D eigenvalue weighted by atomic mass is 19.3. The summed E-state index contributed by atoms with van der Waals surface area (Å²) >= 11 is 0. The second kappa shape index (κ2) is 6.50. The Morgan fingerprint density at radius 1 is 1.53 bits per heavy atom. The molecule has 1 aromatic heterocycles. The number of nitrogens with zero attached hydrogens (tertiary/aromatic N) is 2. The van der Waals surface area contributed by atoms with Gasteiger partial charge in [-0.25, -0.2) is 8.78 Å². The van der Waals surface area contributed by atoms with Gasteiger partial charge in [0.2, 0.25) is 0 Å². The van der Waals surface area contributed by atoms with Crippen LogP contribution in [0.5, 0.6) is 0 Å². The Labute approximate surface area is 88.5 Å². The Kier molecular flexibility index (Phi) is 5.25. The minimum absolute atomic E-state index is 0.324. The number of nitrogens with one attached hydrogen (secondary N) is 1. The van der Waals surface area contributed by atoms with Crippen LogP contribution in [0, 0.1) is 0 Å². The summed E-state index contributed by atoms with van der Waals surface area (Å²) in [4.78, 5) is 0. The number of rotatable bonds is 7. The van der Waals surface area contributed by atoms with E-state index in [1.165, 1.54) is 4.68 Å². The summed E-state index contributed by atoms with van der Waals surface area (Å²) in [6.45, 7) is 3.46. The lowest BCUT2D eigenvalue weighted by atomic mass is 10.3. The molecular weight excluding hydrogens is 200 g/mol. The molecule has 0 spiro atoms. The van der Waals surface area contributed by atoms with Crippen molar-refractivity contribution in [2.45, 2.75) is 39.3 Å². The van der Waals surface area contributed by atoms with E-state index in [1.807, 2.05) is 0 Å². The number of alkyl halides is 2. The fourth-order valence-electron chi connectivity index (χ4n) is 1.27. The summed E-state index contributed by atoms with van der Waals surface area (Å²) in [7, 11) is 0. The molecule has 1 rings (SSSR count). The molecule has 86 valence electrons. The van der Waals surface area contributed by atoms with Crippen LogP contribution in [0.3, 0.4) is 0 Å². The van der Waals surface area contributed by atoms with Gasteiger partial charge in [-0.05, 0) is 13.0 Å². The summed E-state index contributed by atoms with van der Waals surface area (Å²) in [6, 6.07) is 0. The molecule has 0 aliphatic carbocycles. The first-order chi connectivity index (χ1) is 7.22. The van der Waals surface area contributed by atoms with Crippen LogP contribution in [0.25, 0.3) is 0 Å². The van der Waals surface area contributed by atoms with E-state index in [1.54, 1.807) is 12.4 Å². The highest BCUT2D eigenvalue weighted by Gasteiger charge is 2.05. The van der Waals surface area contributed by atoms with Gasteiger partial charge in [-0.15, -0.1) is 0 Å². The normalized spacial score (nSPS) is 11.2. The van der Waals surface area contributed by atoms with Gasteiger partial charge < -0.3 is 5.32 Å². The number of aromatic nitrogens is 2. The van der Waals surface area contributed by atoms with Crippen molar-refractivity contribution < 1.29 is 8.78 Å². The summed E-state index contributed by atoms with van der Waals surface area (Å²) in [5.74, 6) is 0. The van der Waals surface area contributed by atoms with Crippen molar-refractivity contribution >= 4 is 0 Å². The second-order valence-corrected chi connectivity index (χ2v) is 3.49. The molecule has 5 heteroatoms. The monoisotopic (exact) mass is 217 g/mol. The van der Waals surface area contributed by atoms with Crippen LogP contribution in [-0.4, -0.2) is 22.8 Å². The zero-order valence-corrected chi connectivity index (χ0v) is 8.92. The zero-order valence-electron chi connectivity index (χ0n) is 8.92. The molecule has 0 aliphatic heterocycles. The lowest BCUT2D eigenvalue weighted by Crippen LogP contribution is -2.14. The first kappa shape index (κ1) is 12.1. The van der Waals surface area contributed by atoms with Crippen LogP contribution in [-0.2, 0) is 13.1 Å². The predicted octanol–water partition coefficient (Wildman–Crippen LogP) is 2.04. The highest BCUT2D eigenvalue weighted by Crippen LogP contribution is 2.01. The number of halogens is 2. The van der Waals surface area contributed by atoms with E-state index in [0.29, 0.717) is 6.54 Å². The summed E-state index contributed by atoms with van der Waals surface area (Å²) in [6.07, 6.45) is 3.22. The van der Waals surface area contributed by atoms with E-state index in [-0.39, 0.29) is 6.54 Å². The Bertz CT molecular complexity index is 273. The van der Waals surface area contributed by atoms with Crippen LogP contribution in [0.4, 0.5) is 8.78 Å². The molecule has 15 heavy (non-hydrogen) atoms. The van der Waals surface area contributed by atoms with Gasteiger partial charge in [0.25, 0.3) is 6.43 Å². The molecule has 1 N–H and O–H groups in total. The van der Waals surface area contributed by atoms with Crippen LogP contribution in [0.2, 0.25) is 0 Å². The lowest BCUT2D eigenvalue weighted by molar-refractivity contribution is 0.122. The Balaban J connectivity index is 2.26. The van der Waals surface area contributed by atoms with Crippen molar-refractivity contribution in [2.24, 2.45) is 0 Å². The summed E-state index contributed by atoms with van der Waals surface area (Å²) in [5, 5.41) is 7.08. The van der Waals surface area contributed by atoms with Crippen LogP contribution in [0.15, 0.2) is 12.4 Å². The van der Waals surface area contributed by atoms with E-state index in [2.05, 4.69) is 17.3 Å². The molecule has 0 unspecified atom stereocenters. The quantitative estimate of drug-likeness (QED) is 0.708. The van der Waals surface area contributed by atoms with Crippen LogP contribution >= 0.6 is 0 Å². The van der Waals surface area contributed by atoms with Gasteiger partial charge in [-0.2, -0.15) is 5.10 Å². The van der Waals surface area contributed by atoms with Gasteiger partial charge >= 0.3 is 0 Å². The van der Waals surface area contributed by atoms with Crippen LogP contribution < -0.4 is 5.32 Å². The Morgan fingerprint density at radius 3 is 3.00 bits per heavy atom. The summed E-state index contributed by atoms with van der Waals surface area (Å²) < 4.78 is 25.3. The third-order valence-electron chi connectivity index (χ3n) is 2.05. The van der Waals surface area contributed by atoms with E-state index < -0.39 is 6.43 Å². The van der Waals surface area contributed by atoms with Crippen molar-refractivity contribution in [3.05, 3.63) is 18.0 Å². The molecule has 0 fully saturated rings. The Hall–Kier alpha value is -0.970. The maximum absolute atomic E-state index is 12.0. The van der Waals surface area contributed by atoms with Crippen molar-refractivity contribution in [1.82, 2.24) is 15.1 Å². The van der Waals surface area contributed by atoms with Gasteiger partial charge in [0.05, 0.1) is 6.20 Å². The van der Waals surface area contributed by atoms with E-state index in [9.17, 15) is 8.78 Å². The molecule has 3 nitrogen and oxygen atoms in total. The minimum atomic E-state index is -2.34. The molecule has 0 atom stereocenters. The number of hydrogen-bond acceptors (Lipinski definition) is 2. The van der Waals surface area contributed by atoms with Crippen LogP contribution in [0.1, 0.15) is 25.3 Å². The highest BCUT2D eigenvalue weighted by molar-refractivity contribution is 5.03. The van der Waals surface area contributed by atoms with Gasteiger partial charge in [-0.1, -0.05) is 13.3 Å². The lowest BCUT2D eigenvalue weighted by Gasteiger charge is -2.00. The largest absolute Gasteiger partial charge is 0.313 e. The molecule has 1 aromatic rings. The zero-order chi connectivity index (χ0) is 11.1. The van der Waals surface area contributed by atoms with Crippen molar-refractivity contribution in [3.8, 4) is 0 Å². The molecule has 0 saturated carbocycles. The number of hydrogen-bond donors (Lipinski definition) is 1. The van der Waals surface area contributed by atoms with Crippen molar-refractivity contribution in [3.63, 3.8) is 0 Å². The Morgan fingerprint density at radius 2 is 2.33 bits per heavy atom. The smallest absolute Gasteiger partial charge is 0.257 e.